The van der Waals surface area contributed by atoms with Crippen molar-refractivity contribution >= 4 is 22.9 Å². The number of nitrogens with one attached hydrogen (secondary N) is 2. The number of likely N-dealkylation sites (tertiary alicyclic amines) is 1. The Morgan fingerprint density at radius 1 is 0.974 bits per heavy atom. The Morgan fingerprint density at radius 2 is 1.85 bits per heavy atom. The van der Waals surface area contributed by atoms with E-state index >= 15 is 0 Å². The van der Waals surface area contributed by atoms with Crippen molar-refractivity contribution in [2.75, 3.05) is 30.3 Å². The summed E-state index contributed by atoms with van der Waals surface area (Å²) in [6.07, 6.45) is 7.29. The number of carbonyl (C=O) groups excluding carboxylic acids is 1. The number of hydrogen-bond acceptors (Lipinski definition) is 6. The lowest BCUT2D eigenvalue weighted by Crippen LogP contribution is -2.36. The van der Waals surface area contributed by atoms with Gasteiger partial charge in [-0.2, -0.15) is 0 Å². The minimum atomic E-state index is -0.122. The number of amides is 1. The second kappa shape index (κ2) is 11.1. The van der Waals surface area contributed by atoms with Gasteiger partial charge in [-0.1, -0.05) is 31.2 Å². The van der Waals surface area contributed by atoms with Crippen molar-refractivity contribution in [3.63, 3.8) is 0 Å². The number of fused-ring (bicyclic) bond motifs is 1. The molecule has 0 bridgehead atoms. The van der Waals surface area contributed by atoms with E-state index in [0.29, 0.717) is 23.6 Å². The van der Waals surface area contributed by atoms with Gasteiger partial charge in [0.2, 0.25) is 0 Å². The molecule has 6 rings (SSSR count). The highest BCUT2D eigenvalue weighted by Gasteiger charge is 2.24. The maximum atomic E-state index is 13.7. The zero-order chi connectivity index (χ0) is 26.6. The Kier molecular flexibility index (Phi) is 7.06. The normalized spacial score (nSPS) is 14.7. The van der Waals surface area contributed by atoms with Crippen LogP contribution in [0.4, 0.5) is 11.4 Å². The maximum Gasteiger partial charge on any atom is 0.256 e. The van der Waals surface area contributed by atoms with Gasteiger partial charge in [0.15, 0.2) is 0 Å². The van der Waals surface area contributed by atoms with Crippen LogP contribution in [-0.4, -0.2) is 40.4 Å². The van der Waals surface area contributed by atoms with E-state index in [4.69, 9.17) is 4.74 Å². The van der Waals surface area contributed by atoms with Gasteiger partial charge < -0.3 is 15.4 Å². The third kappa shape index (κ3) is 5.54. The minimum absolute atomic E-state index is 0.122. The average Bonchev–Trinajstić information content (AvgIpc) is 2.95. The molecular weight excluding hydrogens is 486 g/mol. The summed E-state index contributed by atoms with van der Waals surface area (Å²) in [5.41, 5.74) is 7.18. The van der Waals surface area contributed by atoms with Crippen LogP contribution in [0.5, 0.6) is 11.5 Å². The van der Waals surface area contributed by atoms with Crippen LogP contribution in [0.15, 0.2) is 90.9 Å². The Morgan fingerprint density at radius 3 is 2.59 bits per heavy atom. The highest BCUT2D eigenvalue weighted by atomic mass is 16.5. The lowest BCUT2D eigenvalue weighted by molar-refractivity contribution is -0.111. The molecule has 1 fully saturated rings. The molecule has 0 aliphatic carbocycles. The summed E-state index contributed by atoms with van der Waals surface area (Å²) in [4.78, 5) is 25.0. The van der Waals surface area contributed by atoms with E-state index in [-0.39, 0.29) is 5.91 Å². The van der Waals surface area contributed by atoms with Gasteiger partial charge in [-0.05, 0) is 79.5 Å². The number of pyridine rings is 2. The van der Waals surface area contributed by atoms with Crippen LogP contribution < -0.4 is 15.4 Å². The summed E-state index contributed by atoms with van der Waals surface area (Å²) in [6.45, 7) is 5.84. The highest BCUT2D eigenvalue weighted by Crippen LogP contribution is 2.37. The zero-order valence-electron chi connectivity index (χ0n) is 22.0. The van der Waals surface area contributed by atoms with Gasteiger partial charge in [-0.3, -0.25) is 19.7 Å². The molecule has 2 N–H and O–H groups in total. The first-order valence-corrected chi connectivity index (χ1v) is 13.4. The summed E-state index contributed by atoms with van der Waals surface area (Å²) in [5.74, 6) is 1.29. The van der Waals surface area contributed by atoms with Crippen LogP contribution in [0.1, 0.15) is 31.0 Å². The second-order valence-corrected chi connectivity index (χ2v) is 9.89. The standard InChI is InChI=1S/C32H31N5O2/c1-2-22-18-35-30-12-9-23(24-15-28(20-33-17-24)39-27-7-4-3-5-8-27)16-29(30)31(22)32(38)36-25-10-11-26(34-19-25)21-37-13-6-14-37/h3-5,7-12,15-17,19-20,35H,2,6,13-14,18,21H2,1H3,(H,36,38). The first-order valence-electron chi connectivity index (χ1n) is 13.4. The van der Waals surface area contributed by atoms with Crippen molar-refractivity contribution in [1.82, 2.24) is 14.9 Å². The molecule has 2 aliphatic rings. The van der Waals surface area contributed by atoms with Gasteiger partial charge in [0.25, 0.3) is 5.91 Å². The monoisotopic (exact) mass is 517 g/mol. The fraction of sp³-hybridized carbons (Fsp3) is 0.219. The maximum absolute atomic E-state index is 13.7. The van der Waals surface area contributed by atoms with Crippen LogP contribution in [-0.2, 0) is 11.3 Å². The Labute approximate surface area is 228 Å². The molecule has 4 heterocycles. The largest absolute Gasteiger partial charge is 0.456 e. The van der Waals surface area contributed by atoms with Crippen molar-refractivity contribution in [2.45, 2.75) is 26.3 Å². The average molecular weight is 518 g/mol. The third-order valence-electron chi connectivity index (χ3n) is 7.23. The van der Waals surface area contributed by atoms with E-state index in [1.807, 2.05) is 66.9 Å². The molecule has 1 amide bonds. The fourth-order valence-corrected chi connectivity index (χ4v) is 4.96. The van der Waals surface area contributed by atoms with Crippen LogP contribution in [0.2, 0.25) is 0 Å². The molecule has 4 aromatic rings. The first-order chi connectivity index (χ1) is 19.2. The van der Waals surface area contributed by atoms with E-state index in [1.54, 1.807) is 12.4 Å². The minimum Gasteiger partial charge on any atom is -0.456 e. The molecule has 7 heteroatoms. The van der Waals surface area contributed by atoms with Crippen molar-refractivity contribution in [1.29, 1.82) is 0 Å². The van der Waals surface area contributed by atoms with E-state index in [2.05, 4.69) is 38.5 Å². The van der Waals surface area contributed by atoms with Crippen molar-refractivity contribution in [2.24, 2.45) is 0 Å². The number of anilines is 2. The number of aromatic nitrogens is 2. The summed E-state index contributed by atoms with van der Waals surface area (Å²) in [5, 5.41) is 6.56. The van der Waals surface area contributed by atoms with Crippen LogP contribution in [0.3, 0.4) is 0 Å². The molecule has 0 saturated carbocycles. The molecule has 7 nitrogen and oxygen atoms in total. The van der Waals surface area contributed by atoms with Gasteiger partial charge in [0, 0.05) is 41.7 Å². The van der Waals surface area contributed by atoms with Gasteiger partial charge in [0.1, 0.15) is 11.5 Å². The topological polar surface area (TPSA) is 79.4 Å². The van der Waals surface area contributed by atoms with Crippen LogP contribution in [0.25, 0.3) is 16.7 Å². The van der Waals surface area contributed by atoms with Crippen molar-refractivity contribution in [3.8, 4) is 22.6 Å². The Hall–Kier alpha value is -4.49. The highest BCUT2D eigenvalue weighted by molar-refractivity contribution is 6.28. The van der Waals surface area contributed by atoms with Crippen LogP contribution in [0, 0.1) is 0 Å². The van der Waals surface area contributed by atoms with E-state index in [9.17, 15) is 4.79 Å². The smallest absolute Gasteiger partial charge is 0.256 e. The number of para-hydroxylation sites is 1. The predicted octanol–water partition coefficient (Wildman–Crippen LogP) is 6.37. The van der Waals surface area contributed by atoms with Gasteiger partial charge in [-0.15, -0.1) is 0 Å². The molecule has 39 heavy (non-hydrogen) atoms. The van der Waals surface area contributed by atoms with E-state index < -0.39 is 0 Å². The van der Waals surface area contributed by atoms with Crippen LogP contribution >= 0.6 is 0 Å². The second-order valence-electron chi connectivity index (χ2n) is 9.89. The Bertz CT molecular complexity index is 1510. The summed E-state index contributed by atoms with van der Waals surface area (Å²) < 4.78 is 6.00. The molecule has 0 radical (unpaired) electrons. The SMILES string of the molecule is CCC1=C(C(=O)Nc2ccc(CN3CCC3)nc2)c2cc(-c3cncc(Oc4ccccc4)c3)ccc2NC1. The summed E-state index contributed by atoms with van der Waals surface area (Å²) in [6, 6.07) is 21.7. The van der Waals surface area contributed by atoms with Crippen molar-refractivity contribution in [3.05, 3.63) is 102 Å². The number of rotatable bonds is 8. The quantitative estimate of drug-likeness (QED) is 0.283. The van der Waals surface area contributed by atoms with Gasteiger partial charge in [0.05, 0.1) is 23.8 Å². The molecule has 196 valence electrons. The van der Waals surface area contributed by atoms with Gasteiger partial charge in [-0.25, -0.2) is 0 Å². The third-order valence-corrected chi connectivity index (χ3v) is 7.23. The lowest BCUT2D eigenvalue weighted by Gasteiger charge is -2.30. The number of benzene rings is 2. The molecule has 0 atom stereocenters. The number of ether oxygens (including phenoxy) is 1. The van der Waals surface area contributed by atoms with E-state index in [0.717, 1.165) is 65.4 Å². The van der Waals surface area contributed by atoms with Crippen molar-refractivity contribution < 1.29 is 9.53 Å². The molecule has 2 aromatic carbocycles. The van der Waals surface area contributed by atoms with E-state index in [1.165, 1.54) is 6.42 Å². The molecule has 0 spiro atoms. The Balaban J connectivity index is 1.25. The van der Waals surface area contributed by atoms with Gasteiger partial charge >= 0.3 is 0 Å². The lowest BCUT2D eigenvalue weighted by atomic mass is 9.90. The molecular formula is C32H31N5O2. The molecule has 0 unspecified atom stereocenters. The molecule has 1 saturated heterocycles. The number of hydrogen-bond donors (Lipinski definition) is 2. The summed E-state index contributed by atoms with van der Waals surface area (Å²) in [7, 11) is 0. The number of carbonyl (C=O) groups is 1. The summed E-state index contributed by atoms with van der Waals surface area (Å²) >= 11 is 0. The zero-order valence-corrected chi connectivity index (χ0v) is 22.0. The molecule has 2 aliphatic heterocycles. The predicted molar refractivity (Wildman–Crippen MR) is 155 cm³/mol. The molecule has 2 aromatic heterocycles. The number of nitrogens with zero attached hydrogens (tertiary/aromatic N) is 3. The first kappa shape index (κ1) is 24.8. The fourth-order valence-electron chi connectivity index (χ4n) is 4.96.